The average Bonchev–Trinajstić information content (AvgIpc) is 2.93. The molecule has 0 aromatic rings. The van der Waals surface area contributed by atoms with Crippen LogP contribution in [0.5, 0.6) is 0 Å². The second-order valence-electron chi connectivity index (χ2n) is 7.10. The Bertz CT molecular complexity index is 419. The SMILES string of the molecule is O=C(O)[C@@H]1C[C@@H]2CCCC[C@@H]2N1C(=O)CCC1CCOCC1. The number of likely N-dealkylation sites (tertiary alicyclic amines) is 1. The maximum Gasteiger partial charge on any atom is 0.326 e. The number of carbonyl (C=O) groups excluding carboxylic acids is 1. The van der Waals surface area contributed by atoms with Gasteiger partial charge in [0.1, 0.15) is 6.04 Å². The standard InChI is InChI=1S/C17H27NO4/c19-16(6-5-12-7-9-22-10-8-12)18-14-4-2-1-3-13(14)11-15(18)17(20)21/h12-15H,1-11H2,(H,20,21)/t13-,14-,15-/m0/s1. The Morgan fingerprint density at radius 1 is 1.09 bits per heavy atom. The van der Waals surface area contributed by atoms with Crippen LogP contribution >= 0.6 is 0 Å². The number of fused-ring (bicyclic) bond motifs is 1. The number of ether oxygens (including phenoxy) is 1. The molecule has 2 heterocycles. The van der Waals surface area contributed by atoms with Crippen LogP contribution in [-0.4, -0.2) is 47.2 Å². The maximum atomic E-state index is 12.7. The highest BCUT2D eigenvalue weighted by Gasteiger charge is 2.47. The van der Waals surface area contributed by atoms with Crippen molar-refractivity contribution >= 4 is 11.9 Å². The van der Waals surface area contributed by atoms with Gasteiger partial charge in [0.05, 0.1) is 0 Å². The lowest BCUT2D eigenvalue weighted by Crippen LogP contribution is -2.46. The Morgan fingerprint density at radius 3 is 2.55 bits per heavy atom. The fraction of sp³-hybridized carbons (Fsp3) is 0.882. The maximum absolute atomic E-state index is 12.7. The molecule has 0 bridgehead atoms. The summed E-state index contributed by atoms with van der Waals surface area (Å²) in [5, 5.41) is 9.49. The molecule has 3 fully saturated rings. The number of rotatable bonds is 4. The Morgan fingerprint density at radius 2 is 1.82 bits per heavy atom. The van der Waals surface area contributed by atoms with Gasteiger partial charge >= 0.3 is 5.97 Å². The third kappa shape index (κ3) is 3.29. The lowest BCUT2D eigenvalue weighted by atomic mass is 9.84. The summed E-state index contributed by atoms with van der Waals surface area (Å²) in [7, 11) is 0. The molecule has 2 saturated heterocycles. The summed E-state index contributed by atoms with van der Waals surface area (Å²) in [5.41, 5.74) is 0. The second kappa shape index (κ2) is 6.99. The van der Waals surface area contributed by atoms with Gasteiger partial charge in [-0.1, -0.05) is 12.8 Å². The van der Waals surface area contributed by atoms with Gasteiger partial charge in [0.2, 0.25) is 5.91 Å². The molecule has 1 amide bonds. The fourth-order valence-corrected chi connectivity index (χ4v) is 4.53. The molecular weight excluding hydrogens is 282 g/mol. The van der Waals surface area contributed by atoms with Gasteiger partial charge < -0.3 is 14.7 Å². The summed E-state index contributed by atoms with van der Waals surface area (Å²) in [5.74, 6) is 0.203. The predicted molar refractivity (Wildman–Crippen MR) is 81.4 cm³/mol. The molecule has 1 N–H and O–H groups in total. The molecule has 0 spiro atoms. The zero-order chi connectivity index (χ0) is 15.5. The van der Waals surface area contributed by atoms with Crippen molar-refractivity contribution in [2.24, 2.45) is 11.8 Å². The minimum atomic E-state index is -0.825. The van der Waals surface area contributed by atoms with E-state index in [-0.39, 0.29) is 11.9 Å². The molecule has 0 aromatic carbocycles. The number of hydrogen-bond acceptors (Lipinski definition) is 3. The van der Waals surface area contributed by atoms with Crippen molar-refractivity contribution in [2.45, 2.75) is 69.9 Å². The van der Waals surface area contributed by atoms with Crippen LogP contribution in [0, 0.1) is 11.8 Å². The molecule has 5 heteroatoms. The molecule has 1 saturated carbocycles. The molecule has 0 aromatic heterocycles. The van der Waals surface area contributed by atoms with E-state index >= 15 is 0 Å². The van der Waals surface area contributed by atoms with Crippen LogP contribution in [0.4, 0.5) is 0 Å². The van der Waals surface area contributed by atoms with Gasteiger partial charge in [0, 0.05) is 25.7 Å². The second-order valence-corrected chi connectivity index (χ2v) is 7.10. The highest BCUT2D eigenvalue weighted by molar-refractivity contribution is 5.84. The van der Waals surface area contributed by atoms with Crippen molar-refractivity contribution in [2.75, 3.05) is 13.2 Å². The summed E-state index contributed by atoms with van der Waals surface area (Å²) < 4.78 is 5.35. The molecule has 0 radical (unpaired) electrons. The number of carbonyl (C=O) groups is 2. The van der Waals surface area contributed by atoms with Crippen LogP contribution in [0.3, 0.4) is 0 Å². The predicted octanol–water partition coefficient (Wildman–Crippen LogP) is 2.44. The first kappa shape index (κ1) is 15.8. The summed E-state index contributed by atoms with van der Waals surface area (Å²) in [6, 6.07) is -0.410. The van der Waals surface area contributed by atoms with E-state index in [1.165, 1.54) is 6.42 Å². The molecule has 3 rings (SSSR count). The third-order valence-electron chi connectivity index (χ3n) is 5.77. The minimum absolute atomic E-state index is 0.0632. The van der Waals surface area contributed by atoms with E-state index in [9.17, 15) is 14.7 Å². The molecule has 124 valence electrons. The summed E-state index contributed by atoms with van der Waals surface area (Å²) in [4.78, 5) is 26.0. The van der Waals surface area contributed by atoms with E-state index in [0.29, 0.717) is 24.7 Å². The van der Waals surface area contributed by atoms with Crippen LogP contribution < -0.4 is 0 Å². The van der Waals surface area contributed by atoms with Gasteiger partial charge in [-0.15, -0.1) is 0 Å². The van der Waals surface area contributed by atoms with E-state index in [0.717, 1.165) is 51.7 Å². The first-order valence-electron chi connectivity index (χ1n) is 8.78. The first-order chi connectivity index (χ1) is 10.7. The third-order valence-corrected chi connectivity index (χ3v) is 5.77. The van der Waals surface area contributed by atoms with Gasteiger partial charge in [-0.05, 0) is 50.4 Å². The fourth-order valence-electron chi connectivity index (χ4n) is 4.53. The van der Waals surface area contributed by atoms with E-state index in [1.807, 2.05) is 0 Å². The van der Waals surface area contributed by atoms with E-state index in [2.05, 4.69) is 0 Å². The molecule has 3 atom stereocenters. The van der Waals surface area contributed by atoms with Crippen LogP contribution in [0.25, 0.3) is 0 Å². The number of nitrogens with zero attached hydrogens (tertiary/aromatic N) is 1. The van der Waals surface area contributed by atoms with Crippen LogP contribution in [-0.2, 0) is 14.3 Å². The van der Waals surface area contributed by atoms with Crippen molar-refractivity contribution in [1.29, 1.82) is 0 Å². The van der Waals surface area contributed by atoms with E-state index < -0.39 is 12.0 Å². The minimum Gasteiger partial charge on any atom is -0.480 e. The molecule has 0 unspecified atom stereocenters. The zero-order valence-electron chi connectivity index (χ0n) is 13.2. The van der Waals surface area contributed by atoms with Gasteiger partial charge in [-0.25, -0.2) is 4.79 Å². The van der Waals surface area contributed by atoms with Gasteiger partial charge in [-0.3, -0.25) is 4.79 Å². The molecule has 22 heavy (non-hydrogen) atoms. The average molecular weight is 309 g/mol. The Hall–Kier alpha value is -1.10. The number of aliphatic carboxylic acids is 1. The van der Waals surface area contributed by atoms with Gasteiger partial charge in [0.25, 0.3) is 0 Å². The van der Waals surface area contributed by atoms with Crippen LogP contribution in [0.2, 0.25) is 0 Å². The number of carboxylic acid groups (broad SMARTS) is 1. The quantitative estimate of drug-likeness (QED) is 0.866. The molecular formula is C17H27NO4. The summed E-state index contributed by atoms with van der Waals surface area (Å²) in [6.07, 6.45) is 8.46. The van der Waals surface area contributed by atoms with Crippen molar-refractivity contribution < 1.29 is 19.4 Å². The number of hydrogen-bond donors (Lipinski definition) is 1. The van der Waals surface area contributed by atoms with Crippen molar-refractivity contribution in [3.05, 3.63) is 0 Å². The van der Waals surface area contributed by atoms with Crippen molar-refractivity contribution in [1.82, 2.24) is 4.90 Å². The van der Waals surface area contributed by atoms with Gasteiger partial charge in [-0.2, -0.15) is 0 Å². The summed E-state index contributed by atoms with van der Waals surface area (Å²) >= 11 is 0. The van der Waals surface area contributed by atoms with E-state index in [4.69, 9.17) is 4.74 Å². The molecule has 3 aliphatic rings. The highest BCUT2D eigenvalue weighted by Crippen LogP contribution is 2.40. The van der Waals surface area contributed by atoms with Crippen molar-refractivity contribution in [3.63, 3.8) is 0 Å². The Balaban J connectivity index is 1.61. The number of carboxylic acids is 1. The molecule has 1 aliphatic carbocycles. The molecule has 2 aliphatic heterocycles. The topological polar surface area (TPSA) is 66.8 Å². The lowest BCUT2D eigenvalue weighted by molar-refractivity contribution is -0.150. The highest BCUT2D eigenvalue weighted by atomic mass is 16.5. The Kier molecular flexibility index (Phi) is 5.01. The van der Waals surface area contributed by atoms with Crippen LogP contribution in [0.1, 0.15) is 57.8 Å². The number of amides is 1. The van der Waals surface area contributed by atoms with Crippen LogP contribution in [0.15, 0.2) is 0 Å². The first-order valence-corrected chi connectivity index (χ1v) is 8.78. The van der Waals surface area contributed by atoms with Crippen molar-refractivity contribution in [3.8, 4) is 0 Å². The lowest BCUT2D eigenvalue weighted by Gasteiger charge is -2.33. The van der Waals surface area contributed by atoms with Gasteiger partial charge in [0.15, 0.2) is 0 Å². The normalized spacial score (nSPS) is 32.7. The monoisotopic (exact) mass is 309 g/mol. The Labute approximate surface area is 132 Å². The smallest absolute Gasteiger partial charge is 0.326 e. The molecule has 5 nitrogen and oxygen atoms in total. The summed E-state index contributed by atoms with van der Waals surface area (Å²) in [6.45, 7) is 1.59. The largest absolute Gasteiger partial charge is 0.480 e. The van der Waals surface area contributed by atoms with E-state index in [1.54, 1.807) is 4.90 Å². The zero-order valence-corrected chi connectivity index (χ0v) is 13.2.